The lowest BCUT2D eigenvalue weighted by Gasteiger charge is -2.12. The van der Waals surface area contributed by atoms with Crippen molar-refractivity contribution in [3.8, 4) is 0 Å². The molecule has 0 atom stereocenters. The van der Waals surface area contributed by atoms with Gasteiger partial charge in [0.1, 0.15) is 0 Å². The largest absolute Gasteiger partial charge is 0.321 e. The van der Waals surface area contributed by atoms with Gasteiger partial charge < -0.3 is 5.32 Å². The smallest absolute Gasteiger partial charge is 0.269 e. The lowest BCUT2D eigenvalue weighted by Crippen LogP contribution is -2.33. The fourth-order valence-electron chi connectivity index (χ4n) is 3.21. The summed E-state index contributed by atoms with van der Waals surface area (Å²) >= 11 is 0. The number of pyridine rings is 1. The van der Waals surface area contributed by atoms with Crippen LogP contribution in [0.2, 0.25) is 0 Å². The molecule has 6 heteroatoms. The zero-order chi connectivity index (χ0) is 20.3. The first kappa shape index (κ1) is 19.2. The Bertz CT molecular complexity index is 1000. The molecular weight excluding hydrogens is 354 g/mol. The van der Waals surface area contributed by atoms with Crippen molar-refractivity contribution < 1.29 is 14.3 Å². The van der Waals surface area contributed by atoms with E-state index in [2.05, 4.69) is 5.32 Å². The van der Waals surface area contributed by atoms with E-state index in [1.54, 1.807) is 24.3 Å². The Hall–Kier alpha value is -3.54. The molecule has 0 unspecified atom stereocenters. The Kier molecular flexibility index (Phi) is 5.49. The molecule has 142 valence electrons. The van der Waals surface area contributed by atoms with E-state index in [4.69, 9.17) is 0 Å². The van der Waals surface area contributed by atoms with E-state index in [1.807, 2.05) is 49.9 Å². The normalized spacial score (nSPS) is 10.5. The number of nitrogens with one attached hydrogen (secondary N) is 1. The second-order valence-electron chi connectivity index (χ2n) is 6.91. The van der Waals surface area contributed by atoms with Gasteiger partial charge in [0.2, 0.25) is 0 Å². The molecule has 1 amide bonds. The maximum Gasteiger partial charge on any atom is 0.269 e. The zero-order valence-electron chi connectivity index (χ0n) is 16.1. The molecule has 3 aromatic rings. The summed E-state index contributed by atoms with van der Waals surface area (Å²) in [4.78, 5) is 22.9. The van der Waals surface area contributed by atoms with Gasteiger partial charge in [0, 0.05) is 35.5 Å². The highest BCUT2D eigenvalue weighted by molar-refractivity contribution is 6.04. The summed E-state index contributed by atoms with van der Waals surface area (Å²) in [5, 5.41) is 13.7. The van der Waals surface area contributed by atoms with Crippen LogP contribution in [0, 0.1) is 30.9 Å². The lowest BCUT2D eigenvalue weighted by atomic mass is 10.0. The monoisotopic (exact) mass is 376 g/mol. The van der Waals surface area contributed by atoms with Gasteiger partial charge in [-0.2, -0.15) is 0 Å². The fourth-order valence-corrected chi connectivity index (χ4v) is 3.21. The van der Waals surface area contributed by atoms with Crippen LogP contribution in [0.4, 0.5) is 11.4 Å². The van der Waals surface area contributed by atoms with Crippen molar-refractivity contribution in [3.63, 3.8) is 0 Å². The molecular formula is C22H22N3O3+. The highest BCUT2D eigenvalue weighted by Gasteiger charge is 2.13. The highest BCUT2D eigenvalue weighted by atomic mass is 16.6. The molecule has 0 aliphatic rings. The van der Waals surface area contributed by atoms with Gasteiger partial charge in [0.05, 0.1) is 10.5 Å². The first-order chi connectivity index (χ1) is 13.3. The maximum atomic E-state index is 12.6. The number of rotatable bonds is 5. The number of nitrogens with zero attached hydrogens (tertiary/aromatic N) is 2. The van der Waals surface area contributed by atoms with E-state index >= 15 is 0 Å². The van der Waals surface area contributed by atoms with Crippen LogP contribution >= 0.6 is 0 Å². The van der Waals surface area contributed by atoms with Gasteiger partial charge >= 0.3 is 0 Å². The quantitative estimate of drug-likeness (QED) is 0.414. The molecule has 1 N–H and O–H groups in total. The number of amides is 1. The van der Waals surface area contributed by atoms with Crippen LogP contribution < -0.4 is 9.88 Å². The van der Waals surface area contributed by atoms with Gasteiger partial charge in [-0.15, -0.1) is 0 Å². The van der Waals surface area contributed by atoms with Crippen LogP contribution in [0.15, 0.2) is 60.9 Å². The third kappa shape index (κ3) is 4.40. The Morgan fingerprint density at radius 3 is 2.11 bits per heavy atom. The number of anilines is 1. The zero-order valence-corrected chi connectivity index (χ0v) is 16.1. The molecule has 0 saturated carbocycles. The second kappa shape index (κ2) is 8.00. The third-order valence-corrected chi connectivity index (χ3v) is 4.58. The topological polar surface area (TPSA) is 76.1 Å². The standard InChI is InChI=1S/C22H21N3O3/c1-15-12-16(2)21(17(3)13-15)23-22(26)19-8-10-24(11-9-19)14-18-4-6-20(7-5-18)25(27)28/h4-13H,14H2,1-3H3/p+1. The molecule has 6 nitrogen and oxygen atoms in total. The van der Waals surface area contributed by atoms with Crippen molar-refractivity contribution >= 4 is 17.3 Å². The van der Waals surface area contributed by atoms with Crippen LogP contribution in [0.3, 0.4) is 0 Å². The predicted octanol–water partition coefficient (Wildman–Crippen LogP) is 4.11. The molecule has 0 radical (unpaired) electrons. The van der Waals surface area contributed by atoms with E-state index in [-0.39, 0.29) is 11.6 Å². The molecule has 0 aliphatic heterocycles. The van der Waals surface area contributed by atoms with E-state index in [0.29, 0.717) is 12.1 Å². The fraction of sp³-hybridized carbons (Fsp3) is 0.182. The molecule has 0 aliphatic carbocycles. The van der Waals surface area contributed by atoms with Gasteiger partial charge in [-0.05, 0) is 44.0 Å². The van der Waals surface area contributed by atoms with Crippen molar-refractivity contribution in [3.05, 3.63) is 98.9 Å². The van der Waals surface area contributed by atoms with Gasteiger partial charge in [0.25, 0.3) is 11.6 Å². The first-order valence-electron chi connectivity index (χ1n) is 8.95. The average Bonchev–Trinajstić information content (AvgIpc) is 2.65. The number of carbonyl (C=O) groups excluding carboxylic acids is 1. The number of hydrogen-bond donors (Lipinski definition) is 1. The summed E-state index contributed by atoms with van der Waals surface area (Å²) in [7, 11) is 0. The van der Waals surface area contributed by atoms with Crippen molar-refractivity contribution in [1.29, 1.82) is 0 Å². The molecule has 0 spiro atoms. The Morgan fingerprint density at radius 2 is 1.57 bits per heavy atom. The molecule has 3 rings (SSSR count). The Labute approximate surface area is 163 Å². The molecule has 1 aromatic heterocycles. The van der Waals surface area contributed by atoms with E-state index in [0.717, 1.165) is 22.4 Å². The van der Waals surface area contributed by atoms with Crippen LogP contribution in [0.1, 0.15) is 32.6 Å². The number of non-ortho nitro benzene ring substituents is 1. The van der Waals surface area contributed by atoms with Crippen molar-refractivity contribution in [2.45, 2.75) is 27.3 Å². The minimum atomic E-state index is -0.415. The number of aromatic nitrogens is 1. The van der Waals surface area contributed by atoms with Gasteiger partial charge in [-0.1, -0.05) is 17.7 Å². The molecule has 1 heterocycles. The van der Waals surface area contributed by atoms with Gasteiger partial charge in [-0.25, -0.2) is 4.57 Å². The first-order valence-corrected chi connectivity index (χ1v) is 8.95. The molecule has 0 bridgehead atoms. The summed E-state index contributed by atoms with van der Waals surface area (Å²) in [6, 6.07) is 14.1. The average molecular weight is 376 g/mol. The summed E-state index contributed by atoms with van der Waals surface area (Å²) in [5.41, 5.74) is 5.67. The maximum absolute atomic E-state index is 12.6. The van der Waals surface area contributed by atoms with E-state index in [9.17, 15) is 14.9 Å². The van der Waals surface area contributed by atoms with Gasteiger partial charge in [-0.3, -0.25) is 14.9 Å². The number of carbonyl (C=O) groups is 1. The number of nitro benzene ring substituents is 1. The van der Waals surface area contributed by atoms with Crippen LogP contribution in [0.25, 0.3) is 0 Å². The van der Waals surface area contributed by atoms with Gasteiger partial charge in [0.15, 0.2) is 18.9 Å². The lowest BCUT2D eigenvalue weighted by molar-refractivity contribution is -0.688. The summed E-state index contributed by atoms with van der Waals surface area (Å²) in [6.45, 7) is 6.57. The molecule has 0 fully saturated rings. The highest BCUT2D eigenvalue weighted by Crippen LogP contribution is 2.22. The minimum absolute atomic E-state index is 0.0717. The predicted molar refractivity (Wildman–Crippen MR) is 107 cm³/mol. The second-order valence-corrected chi connectivity index (χ2v) is 6.91. The van der Waals surface area contributed by atoms with Crippen LogP contribution in [-0.4, -0.2) is 10.8 Å². The summed E-state index contributed by atoms with van der Waals surface area (Å²) in [5.74, 6) is -0.155. The number of nitro groups is 1. The Morgan fingerprint density at radius 1 is 1.00 bits per heavy atom. The Balaban J connectivity index is 1.70. The van der Waals surface area contributed by atoms with Crippen molar-refractivity contribution in [2.75, 3.05) is 5.32 Å². The van der Waals surface area contributed by atoms with E-state index < -0.39 is 4.92 Å². The molecule has 2 aromatic carbocycles. The summed E-state index contributed by atoms with van der Waals surface area (Å²) in [6.07, 6.45) is 3.65. The van der Waals surface area contributed by atoms with Crippen LogP contribution in [0.5, 0.6) is 0 Å². The van der Waals surface area contributed by atoms with Crippen molar-refractivity contribution in [1.82, 2.24) is 0 Å². The number of hydrogen-bond acceptors (Lipinski definition) is 3. The molecule has 0 saturated heterocycles. The van der Waals surface area contributed by atoms with Crippen molar-refractivity contribution in [2.24, 2.45) is 0 Å². The van der Waals surface area contributed by atoms with Crippen LogP contribution in [-0.2, 0) is 6.54 Å². The minimum Gasteiger partial charge on any atom is -0.321 e. The third-order valence-electron chi connectivity index (χ3n) is 4.58. The molecule has 28 heavy (non-hydrogen) atoms. The summed E-state index contributed by atoms with van der Waals surface area (Å²) < 4.78 is 1.92. The number of aryl methyl sites for hydroxylation is 3. The SMILES string of the molecule is Cc1cc(C)c(NC(=O)c2cc[n+](Cc3ccc([N+](=O)[O-])cc3)cc2)c(C)c1. The number of benzene rings is 2. The van der Waals surface area contributed by atoms with E-state index in [1.165, 1.54) is 17.7 Å².